The number of alkyl halides is 2. The Balaban J connectivity index is 1.60. The van der Waals surface area contributed by atoms with E-state index in [1.165, 1.54) is 19.8 Å². The summed E-state index contributed by atoms with van der Waals surface area (Å²) in [6.07, 6.45) is -1.89. The van der Waals surface area contributed by atoms with Gasteiger partial charge in [-0.15, -0.1) is 10.2 Å². The Bertz CT molecular complexity index is 1520. The Kier molecular flexibility index (Phi) is 6.90. The third kappa shape index (κ3) is 4.87. The summed E-state index contributed by atoms with van der Waals surface area (Å²) in [4.78, 5) is 18.4. The fourth-order valence-corrected chi connectivity index (χ4v) is 4.64. The van der Waals surface area contributed by atoms with Crippen LogP contribution in [-0.2, 0) is 6.54 Å². The Labute approximate surface area is 218 Å². The van der Waals surface area contributed by atoms with Crippen LogP contribution in [0.5, 0.6) is 5.75 Å². The second kappa shape index (κ2) is 10.2. The zero-order valence-electron chi connectivity index (χ0n) is 20.6. The van der Waals surface area contributed by atoms with Gasteiger partial charge in [-0.3, -0.25) is 0 Å². The molecule has 0 bridgehead atoms. The van der Waals surface area contributed by atoms with E-state index in [2.05, 4.69) is 30.1 Å². The summed E-state index contributed by atoms with van der Waals surface area (Å²) >= 11 is 0. The molecular weight excluding hydrogens is 524 g/mol. The number of piperidine rings is 1. The lowest BCUT2D eigenvalue weighted by Crippen LogP contribution is -2.63. The fourth-order valence-electron chi connectivity index (χ4n) is 4.64. The van der Waals surface area contributed by atoms with Crippen LogP contribution in [0.2, 0.25) is 0 Å². The number of halogens is 4. The van der Waals surface area contributed by atoms with E-state index in [-0.39, 0.29) is 54.0 Å². The van der Waals surface area contributed by atoms with E-state index in [0.29, 0.717) is 24.1 Å². The quantitative estimate of drug-likeness (QED) is 0.287. The van der Waals surface area contributed by atoms with Gasteiger partial charge in [-0.25, -0.2) is 37.5 Å². The molecule has 39 heavy (non-hydrogen) atoms. The molecule has 5 N–H and O–H groups in total. The van der Waals surface area contributed by atoms with Gasteiger partial charge >= 0.3 is 0 Å². The van der Waals surface area contributed by atoms with Crippen molar-refractivity contribution in [2.45, 2.75) is 37.5 Å². The number of ether oxygens (including phenoxy) is 1. The van der Waals surface area contributed by atoms with Gasteiger partial charge in [0.25, 0.3) is 6.43 Å². The minimum absolute atomic E-state index is 0.0312. The molecule has 1 aliphatic heterocycles. The van der Waals surface area contributed by atoms with E-state index in [1.54, 1.807) is 9.47 Å². The first kappa shape index (κ1) is 26.4. The molecular formula is C23H24F4N10O2. The van der Waals surface area contributed by atoms with Crippen molar-refractivity contribution < 1.29 is 27.4 Å². The van der Waals surface area contributed by atoms with Crippen LogP contribution in [0, 0.1) is 11.6 Å². The molecule has 1 fully saturated rings. The van der Waals surface area contributed by atoms with E-state index in [1.807, 2.05) is 0 Å². The van der Waals surface area contributed by atoms with Crippen molar-refractivity contribution in [3.63, 3.8) is 0 Å². The van der Waals surface area contributed by atoms with Crippen LogP contribution in [0.15, 0.2) is 24.8 Å². The summed E-state index contributed by atoms with van der Waals surface area (Å²) in [7, 11) is 1.20. The summed E-state index contributed by atoms with van der Waals surface area (Å²) in [6.45, 7) is 0.145. The van der Waals surface area contributed by atoms with Gasteiger partial charge < -0.3 is 30.8 Å². The summed E-state index contributed by atoms with van der Waals surface area (Å²) in [5.41, 5.74) is 11.1. The molecule has 1 saturated heterocycles. The third-order valence-electron chi connectivity index (χ3n) is 6.65. The number of methoxy groups -OCH3 is 1. The van der Waals surface area contributed by atoms with Crippen molar-refractivity contribution in [3.05, 3.63) is 42.1 Å². The SMILES string of the molecule is COc1cc(F)c(-c2nnc(N3CCC[C@](N)([C@H](O)C(F)F)C3)c(Cn3cnc4c(N)ncnc43)n2)cc1F. The van der Waals surface area contributed by atoms with Crippen molar-refractivity contribution in [1.82, 2.24) is 34.7 Å². The molecule has 1 aromatic carbocycles. The first-order valence-corrected chi connectivity index (χ1v) is 11.8. The molecule has 0 aliphatic carbocycles. The Morgan fingerprint density at radius 3 is 2.69 bits per heavy atom. The average Bonchev–Trinajstić information content (AvgIpc) is 3.33. The number of aromatic nitrogens is 7. The largest absolute Gasteiger partial charge is 0.494 e. The highest BCUT2D eigenvalue weighted by Crippen LogP contribution is 2.32. The summed E-state index contributed by atoms with van der Waals surface area (Å²) in [5.74, 6) is -1.89. The molecule has 4 heterocycles. The number of nitrogen functional groups attached to an aromatic ring is 1. The standard InChI is InChI=1S/C23H24F4N10O2/c1-39-15-6-12(24)11(5-13(15)25)20-33-14(7-37-10-32-16-19(28)30-9-31-22(16)37)21(35-34-20)36-4-2-3-23(29,8-36)17(38)18(26)27/h5-6,9-10,17-18,38H,2-4,7-8,29H2,1H3,(H2,28,30,31)/t17-,23-/m1/s1. The van der Waals surface area contributed by atoms with Crippen LogP contribution in [0.4, 0.5) is 29.2 Å². The van der Waals surface area contributed by atoms with Crippen LogP contribution >= 0.6 is 0 Å². The molecule has 206 valence electrons. The van der Waals surface area contributed by atoms with Crippen LogP contribution in [0.3, 0.4) is 0 Å². The lowest BCUT2D eigenvalue weighted by molar-refractivity contribution is -0.0530. The van der Waals surface area contributed by atoms with Crippen LogP contribution < -0.4 is 21.1 Å². The van der Waals surface area contributed by atoms with E-state index in [4.69, 9.17) is 16.2 Å². The highest BCUT2D eigenvalue weighted by atomic mass is 19.3. The molecule has 12 nitrogen and oxygen atoms in total. The lowest BCUT2D eigenvalue weighted by Gasteiger charge is -2.43. The topological polar surface area (TPSA) is 167 Å². The number of nitrogens with two attached hydrogens (primary N) is 2. The van der Waals surface area contributed by atoms with E-state index in [0.717, 1.165) is 12.1 Å². The molecule has 0 radical (unpaired) electrons. The first-order chi connectivity index (χ1) is 18.6. The molecule has 3 aromatic heterocycles. The van der Waals surface area contributed by atoms with Gasteiger partial charge in [-0.1, -0.05) is 0 Å². The van der Waals surface area contributed by atoms with E-state index >= 15 is 0 Å². The summed E-state index contributed by atoms with van der Waals surface area (Å²) in [6, 6.07) is 1.75. The number of nitrogens with zero attached hydrogens (tertiary/aromatic N) is 8. The summed E-state index contributed by atoms with van der Waals surface area (Å²) < 4.78 is 62.4. The first-order valence-electron chi connectivity index (χ1n) is 11.8. The third-order valence-corrected chi connectivity index (χ3v) is 6.65. The number of benzene rings is 1. The van der Waals surface area contributed by atoms with Gasteiger partial charge in [0.1, 0.15) is 29.5 Å². The van der Waals surface area contributed by atoms with Gasteiger partial charge in [-0.05, 0) is 18.9 Å². The number of aliphatic hydroxyl groups excluding tert-OH is 1. The Morgan fingerprint density at radius 1 is 1.15 bits per heavy atom. The molecule has 4 aromatic rings. The number of hydrogen-bond acceptors (Lipinski definition) is 11. The minimum Gasteiger partial charge on any atom is -0.494 e. The molecule has 0 spiro atoms. The molecule has 0 unspecified atom stereocenters. The van der Waals surface area contributed by atoms with Gasteiger partial charge in [-0.2, -0.15) is 0 Å². The smallest absolute Gasteiger partial charge is 0.265 e. The van der Waals surface area contributed by atoms with E-state index in [9.17, 15) is 22.7 Å². The minimum atomic E-state index is -3.04. The zero-order chi connectivity index (χ0) is 27.9. The Hall–Kier alpha value is -4.18. The monoisotopic (exact) mass is 548 g/mol. The average molecular weight is 549 g/mol. The predicted octanol–water partition coefficient (Wildman–Crippen LogP) is 1.52. The number of imidazole rings is 1. The van der Waals surface area contributed by atoms with Crippen molar-refractivity contribution >= 4 is 22.8 Å². The van der Waals surface area contributed by atoms with Gasteiger partial charge in [0.05, 0.1) is 31.1 Å². The molecule has 16 heteroatoms. The number of aliphatic hydroxyl groups is 1. The van der Waals surface area contributed by atoms with Crippen LogP contribution in [0.25, 0.3) is 22.6 Å². The highest BCUT2D eigenvalue weighted by Gasteiger charge is 2.43. The van der Waals surface area contributed by atoms with E-state index < -0.39 is 29.7 Å². The van der Waals surface area contributed by atoms with Crippen molar-refractivity contribution in [2.24, 2.45) is 5.73 Å². The second-order valence-corrected chi connectivity index (χ2v) is 9.21. The lowest BCUT2D eigenvalue weighted by atomic mass is 9.84. The van der Waals surface area contributed by atoms with Gasteiger partial charge in [0, 0.05) is 19.2 Å². The van der Waals surface area contributed by atoms with Gasteiger partial charge in [0.15, 0.2) is 34.7 Å². The molecule has 1 aliphatic rings. The highest BCUT2D eigenvalue weighted by molar-refractivity contribution is 5.81. The van der Waals surface area contributed by atoms with Crippen molar-refractivity contribution in [3.8, 4) is 17.1 Å². The molecule has 2 atom stereocenters. The van der Waals surface area contributed by atoms with Crippen LogP contribution in [0.1, 0.15) is 18.5 Å². The maximum atomic E-state index is 14.9. The second-order valence-electron chi connectivity index (χ2n) is 9.21. The summed E-state index contributed by atoms with van der Waals surface area (Å²) in [5, 5.41) is 18.3. The number of rotatable bonds is 7. The molecule has 5 rings (SSSR count). The number of anilines is 2. The van der Waals surface area contributed by atoms with Gasteiger partial charge in [0.2, 0.25) is 0 Å². The van der Waals surface area contributed by atoms with Crippen LogP contribution in [-0.4, -0.2) is 78.1 Å². The molecule has 0 amide bonds. The molecule has 0 saturated carbocycles. The van der Waals surface area contributed by atoms with Crippen molar-refractivity contribution in [2.75, 3.05) is 30.8 Å². The predicted molar refractivity (Wildman–Crippen MR) is 131 cm³/mol. The Morgan fingerprint density at radius 2 is 1.95 bits per heavy atom. The fraction of sp³-hybridized carbons (Fsp3) is 0.391. The normalized spacial score (nSPS) is 18.6. The zero-order valence-corrected chi connectivity index (χ0v) is 20.6. The number of hydrogen-bond donors (Lipinski definition) is 3. The maximum absolute atomic E-state index is 14.9. The van der Waals surface area contributed by atoms with Crippen molar-refractivity contribution in [1.29, 1.82) is 0 Å². The number of fused-ring (bicyclic) bond motifs is 1. The maximum Gasteiger partial charge on any atom is 0.265 e.